The summed E-state index contributed by atoms with van der Waals surface area (Å²) >= 11 is 0. The molecule has 0 aliphatic heterocycles. The fraction of sp³-hybridized carbons (Fsp3) is 0.182. The first-order chi connectivity index (χ1) is 11.3. The average Bonchev–Trinajstić information content (AvgIpc) is 3.28. The first kappa shape index (κ1) is 17.2. The number of nitrogens with zero attached hydrogens (tertiary/aromatic N) is 1. The Bertz CT molecular complexity index is 934. The van der Waals surface area contributed by atoms with Crippen molar-refractivity contribution in [2.75, 3.05) is 0 Å². The van der Waals surface area contributed by atoms with Gasteiger partial charge in [0.15, 0.2) is 0 Å². The van der Waals surface area contributed by atoms with Gasteiger partial charge >= 0.3 is 26.2 Å². The molecule has 0 unspecified atom stereocenters. The fourth-order valence-electron chi connectivity index (χ4n) is 3.51. The van der Waals surface area contributed by atoms with Crippen molar-refractivity contribution in [3.63, 3.8) is 0 Å². The van der Waals surface area contributed by atoms with Crippen LogP contribution in [0.5, 0.6) is 0 Å². The standard InChI is InChI=1S/C17H14N.C5H5.Zr/c1-11-7-8-16-14(9-11)15-10-12-5-3-4-6-13(12)17(15)18(16)2;1-2-4-5-3-1;/h3-4,6-9H,10H2,1-2H3;1-3H,4H2;/q2*-1;+2. The molecule has 0 fully saturated rings. The molecule has 0 spiro atoms. The number of allylic oxidation sites excluding steroid dienone is 4. The molecule has 3 aromatic rings. The minimum Gasteiger partial charge on any atom is -0.354 e. The zero-order valence-corrected chi connectivity index (χ0v) is 16.5. The second-order valence-corrected chi connectivity index (χ2v) is 6.15. The zero-order chi connectivity index (χ0) is 15.8. The summed E-state index contributed by atoms with van der Waals surface area (Å²) in [5, 5.41) is 1.40. The van der Waals surface area contributed by atoms with E-state index >= 15 is 0 Å². The molecule has 0 radical (unpaired) electrons. The Morgan fingerprint density at radius 3 is 2.75 bits per heavy atom. The van der Waals surface area contributed by atoms with Crippen LogP contribution in [0.25, 0.3) is 22.2 Å². The summed E-state index contributed by atoms with van der Waals surface area (Å²) in [5.41, 5.74) is 8.19. The Labute approximate surface area is 162 Å². The summed E-state index contributed by atoms with van der Waals surface area (Å²) < 4.78 is 2.32. The van der Waals surface area contributed by atoms with Crippen LogP contribution in [0.15, 0.2) is 54.6 Å². The SMILES string of the molecule is Cc1ccc2c(c1)c1c(n2C)-c2ccc[c-]c2C1.[C-]1=CC=CC1.[Zr+2]. The topological polar surface area (TPSA) is 4.93 Å². The smallest absolute Gasteiger partial charge is 0.354 e. The molecule has 0 saturated carbocycles. The first-order valence-electron chi connectivity index (χ1n) is 8.05. The predicted octanol–water partition coefficient (Wildman–Crippen LogP) is 5.16. The van der Waals surface area contributed by atoms with E-state index < -0.39 is 0 Å². The van der Waals surface area contributed by atoms with Crippen LogP contribution in [-0.4, -0.2) is 4.57 Å². The summed E-state index contributed by atoms with van der Waals surface area (Å²) in [6.07, 6.45) is 11.0. The summed E-state index contributed by atoms with van der Waals surface area (Å²) in [6.45, 7) is 2.16. The summed E-state index contributed by atoms with van der Waals surface area (Å²) in [7, 11) is 2.17. The van der Waals surface area contributed by atoms with E-state index in [9.17, 15) is 0 Å². The van der Waals surface area contributed by atoms with Crippen molar-refractivity contribution in [1.29, 1.82) is 0 Å². The minimum absolute atomic E-state index is 0. The summed E-state index contributed by atoms with van der Waals surface area (Å²) in [4.78, 5) is 0. The molecular formula is C22H19NZr. The van der Waals surface area contributed by atoms with Crippen LogP contribution in [0, 0.1) is 19.1 Å². The monoisotopic (exact) mass is 387 g/mol. The Kier molecular flexibility index (Phi) is 5.06. The third-order valence-corrected chi connectivity index (χ3v) is 4.60. The Hall–Kier alpha value is -1.66. The molecule has 116 valence electrons. The molecule has 24 heavy (non-hydrogen) atoms. The van der Waals surface area contributed by atoms with Crippen molar-refractivity contribution in [3.8, 4) is 11.3 Å². The van der Waals surface area contributed by atoms with Crippen molar-refractivity contribution in [3.05, 3.63) is 83.5 Å². The number of hydrogen-bond donors (Lipinski definition) is 0. The third-order valence-electron chi connectivity index (χ3n) is 4.60. The number of fused-ring (bicyclic) bond motifs is 5. The average molecular weight is 389 g/mol. The fourth-order valence-corrected chi connectivity index (χ4v) is 3.51. The Balaban J connectivity index is 0.000000245. The van der Waals surface area contributed by atoms with Gasteiger partial charge in [0.1, 0.15) is 0 Å². The van der Waals surface area contributed by atoms with Crippen LogP contribution in [0.4, 0.5) is 0 Å². The molecule has 1 nitrogen and oxygen atoms in total. The van der Waals surface area contributed by atoms with Crippen molar-refractivity contribution in [2.45, 2.75) is 19.8 Å². The Morgan fingerprint density at radius 1 is 1.17 bits per heavy atom. The number of aryl methyl sites for hydroxylation is 2. The third kappa shape index (κ3) is 2.89. The summed E-state index contributed by atoms with van der Waals surface area (Å²) in [5.74, 6) is 0. The van der Waals surface area contributed by atoms with Gasteiger partial charge in [-0.2, -0.15) is 30.3 Å². The largest absolute Gasteiger partial charge is 2.00 e. The van der Waals surface area contributed by atoms with Crippen LogP contribution < -0.4 is 0 Å². The molecule has 2 aromatic carbocycles. The summed E-state index contributed by atoms with van der Waals surface area (Å²) in [6, 6.07) is 16.4. The minimum atomic E-state index is 0. The van der Waals surface area contributed by atoms with Gasteiger partial charge in [0.2, 0.25) is 0 Å². The normalized spacial score (nSPS) is 13.2. The molecule has 1 heterocycles. The van der Waals surface area contributed by atoms with Crippen molar-refractivity contribution in [1.82, 2.24) is 4.57 Å². The van der Waals surface area contributed by atoms with E-state index in [0.717, 1.165) is 12.8 Å². The maximum Gasteiger partial charge on any atom is 2.00 e. The quantitative estimate of drug-likeness (QED) is 0.367. The maximum absolute atomic E-state index is 3.38. The zero-order valence-electron chi connectivity index (χ0n) is 14.1. The van der Waals surface area contributed by atoms with Crippen LogP contribution in [0.2, 0.25) is 0 Å². The molecule has 2 aliphatic carbocycles. The number of aromatic nitrogens is 1. The number of rotatable bonds is 0. The molecule has 0 bridgehead atoms. The number of benzene rings is 2. The molecule has 0 amide bonds. The molecular weight excluding hydrogens is 369 g/mol. The van der Waals surface area contributed by atoms with Crippen LogP contribution in [0.3, 0.4) is 0 Å². The first-order valence-corrected chi connectivity index (χ1v) is 8.05. The van der Waals surface area contributed by atoms with Gasteiger partial charge in [-0.25, -0.2) is 12.2 Å². The van der Waals surface area contributed by atoms with Gasteiger partial charge in [0.05, 0.1) is 0 Å². The molecule has 2 aliphatic rings. The van der Waals surface area contributed by atoms with Gasteiger partial charge in [0, 0.05) is 18.0 Å². The van der Waals surface area contributed by atoms with E-state index in [4.69, 9.17) is 0 Å². The molecule has 0 N–H and O–H groups in total. The van der Waals surface area contributed by atoms with Crippen LogP contribution in [0.1, 0.15) is 23.1 Å². The van der Waals surface area contributed by atoms with E-state index in [0.29, 0.717) is 0 Å². The van der Waals surface area contributed by atoms with E-state index in [1.165, 1.54) is 38.9 Å². The van der Waals surface area contributed by atoms with Gasteiger partial charge in [-0.05, 0) is 36.7 Å². The maximum atomic E-state index is 3.38. The Morgan fingerprint density at radius 2 is 2.04 bits per heavy atom. The second kappa shape index (κ2) is 7.07. The van der Waals surface area contributed by atoms with Crippen molar-refractivity contribution < 1.29 is 26.2 Å². The van der Waals surface area contributed by atoms with Crippen molar-refractivity contribution in [2.24, 2.45) is 7.05 Å². The predicted molar refractivity (Wildman–Crippen MR) is 96.3 cm³/mol. The van der Waals surface area contributed by atoms with Gasteiger partial charge in [-0.3, -0.25) is 6.08 Å². The molecule has 2 heteroatoms. The molecule has 5 rings (SSSR count). The molecule has 0 saturated heterocycles. The molecule has 1 aromatic heterocycles. The van der Waals surface area contributed by atoms with E-state index in [-0.39, 0.29) is 26.2 Å². The van der Waals surface area contributed by atoms with Crippen molar-refractivity contribution >= 4 is 10.9 Å². The number of hydrogen-bond acceptors (Lipinski definition) is 0. The van der Waals surface area contributed by atoms with Gasteiger partial charge in [-0.1, -0.05) is 11.6 Å². The van der Waals surface area contributed by atoms with Crippen LogP contribution in [-0.2, 0) is 39.7 Å². The van der Waals surface area contributed by atoms with Crippen LogP contribution >= 0.6 is 0 Å². The molecule has 0 atom stereocenters. The van der Waals surface area contributed by atoms with E-state index in [1.807, 2.05) is 18.2 Å². The van der Waals surface area contributed by atoms with E-state index in [1.54, 1.807) is 0 Å². The van der Waals surface area contributed by atoms with Gasteiger partial charge in [-0.15, -0.1) is 17.5 Å². The van der Waals surface area contributed by atoms with E-state index in [2.05, 4.69) is 67.1 Å². The van der Waals surface area contributed by atoms with Gasteiger partial charge < -0.3 is 4.57 Å². The van der Waals surface area contributed by atoms with Gasteiger partial charge in [0.25, 0.3) is 0 Å². The second-order valence-electron chi connectivity index (χ2n) is 6.15.